The van der Waals surface area contributed by atoms with Crippen LogP contribution in [0.5, 0.6) is 0 Å². The highest BCUT2D eigenvalue weighted by Crippen LogP contribution is 2.27. The minimum atomic E-state index is -4.00. The third-order valence-corrected chi connectivity index (χ3v) is 4.85. The number of aromatic nitrogens is 1. The number of carbonyl (C=O) groups is 1. The molecule has 1 heterocycles. The fourth-order valence-electron chi connectivity index (χ4n) is 2.25. The first-order chi connectivity index (χ1) is 13.2. The fourth-order valence-corrected chi connectivity index (χ4v) is 3.16. The largest absolute Gasteiger partial charge is 0.460 e. The molecule has 11 heteroatoms. The van der Waals surface area contributed by atoms with Crippen molar-refractivity contribution in [3.63, 3.8) is 0 Å². The standard InChI is InChI=1S/C17H14N4O6S/c1-11-9-16(19-27-11)20-28(25,26)15-7-5-13(6-8-15)18-17(22)12-3-2-4-14(10-12)21(23)24/h2-10H,1H3,(H2,18,19,20,22)/p-1. The maximum absolute atomic E-state index is 12.3. The first kappa shape index (κ1) is 19.0. The number of carbonyl (C=O) groups excluding carboxylic acids is 1. The number of anilines is 1. The number of amides is 1. The van der Waals surface area contributed by atoms with Crippen LogP contribution in [0.1, 0.15) is 16.1 Å². The van der Waals surface area contributed by atoms with E-state index in [1.807, 2.05) is 0 Å². The van der Waals surface area contributed by atoms with Gasteiger partial charge in [-0.05, 0) is 49.1 Å². The Morgan fingerprint density at radius 2 is 1.89 bits per heavy atom. The number of hydrogen-bond donors (Lipinski definition) is 1. The molecule has 3 aromatic rings. The molecule has 3 rings (SSSR count). The summed E-state index contributed by atoms with van der Waals surface area (Å²) in [6, 6.07) is 11.9. The van der Waals surface area contributed by atoms with Crippen molar-refractivity contribution in [1.29, 1.82) is 0 Å². The van der Waals surface area contributed by atoms with E-state index in [2.05, 4.69) is 15.2 Å². The van der Waals surface area contributed by atoms with Crippen LogP contribution in [0.4, 0.5) is 17.2 Å². The van der Waals surface area contributed by atoms with Crippen LogP contribution < -0.4 is 5.32 Å². The highest BCUT2D eigenvalue weighted by atomic mass is 32.2. The fraction of sp³-hybridized carbons (Fsp3) is 0.0588. The van der Waals surface area contributed by atoms with E-state index in [9.17, 15) is 23.3 Å². The lowest BCUT2D eigenvalue weighted by atomic mass is 10.2. The average molecular weight is 401 g/mol. The topological polar surface area (TPSA) is 147 Å². The SMILES string of the molecule is Cc1cc([N-]S(=O)(=O)c2ccc(NC(=O)c3cccc([N+](=O)[O-])c3)cc2)no1. The molecule has 0 fully saturated rings. The number of benzene rings is 2. The molecule has 0 radical (unpaired) electrons. The Labute approximate surface area is 159 Å². The molecule has 1 amide bonds. The Hall–Kier alpha value is -3.73. The second-order valence-corrected chi connectivity index (χ2v) is 7.25. The molecule has 28 heavy (non-hydrogen) atoms. The molecule has 0 aliphatic heterocycles. The van der Waals surface area contributed by atoms with E-state index in [0.29, 0.717) is 11.4 Å². The van der Waals surface area contributed by atoms with Crippen molar-refractivity contribution < 1.29 is 22.7 Å². The Balaban J connectivity index is 1.73. The molecule has 0 bridgehead atoms. The molecule has 10 nitrogen and oxygen atoms in total. The predicted molar refractivity (Wildman–Crippen MR) is 98.9 cm³/mol. The smallest absolute Gasteiger partial charge is 0.270 e. The lowest BCUT2D eigenvalue weighted by Crippen LogP contribution is -2.12. The monoisotopic (exact) mass is 401 g/mol. The summed E-state index contributed by atoms with van der Waals surface area (Å²) >= 11 is 0. The number of sulfonamides is 1. The minimum absolute atomic E-state index is 0.0689. The Bertz CT molecular complexity index is 1140. The number of nitrogens with zero attached hydrogens (tertiary/aromatic N) is 3. The van der Waals surface area contributed by atoms with Crippen molar-refractivity contribution in [2.45, 2.75) is 11.8 Å². The Kier molecular flexibility index (Phi) is 5.09. The first-order valence-corrected chi connectivity index (χ1v) is 9.26. The number of nitrogens with one attached hydrogen (secondary N) is 1. The van der Waals surface area contributed by atoms with Gasteiger partial charge < -0.3 is 14.6 Å². The Morgan fingerprint density at radius 1 is 1.18 bits per heavy atom. The van der Waals surface area contributed by atoms with Crippen LogP contribution in [0.25, 0.3) is 4.72 Å². The van der Waals surface area contributed by atoms with E-state index in [1.165, 1.54) is 48.5 Å². The van der Waals surface area contributed by atoms with Gasteiger partial charge in [0.15, 0.2) is 0 Å². The van der Waals surface area contributed by atoms with Gasteiger partial charge in [-0.25, -0.2) is 8.42 Å². The van der Waals surface area contributed by atoms with Crippen molar-refractivity contribution in [1.82, 2.24) is 5.16 Å². The zero-order valence-corrected chi connectivity index (χ0v) is 15.2. The summed E-state index contributed by atoms with van der Waals surface area (Å²) in [5.41, 5.74) is 0.203. The van der Waals surface area contributed by atoms with Crippen LogP contribution in [-0.4, -0.2) is 24.4 Å². The molecule has 2 aromatic carbocycles. The summed E-state index contributed by atoms with van der Waals surface area (Å²) in [5, 5.41) is 16.8. The van der Waals surface area contributed by atoms with Gasteiger partial charge in [-0.3, -0.25) is 20.1 Å². The molecule has 0 spiro atoms. The van der Waals surface area contributed by atoms with Crippen LogP contribution in [-0.2, 0) is 10.0 Å². The van der Waals surface area contributed by atoms with E-state index in [0.717, 1.165) is 6.07 Å². The van der Waals surface area contributed by atoms with Gasteiger partial charge in [0, 0.05) is 23.4 Å². The normalized spacial score (nSPS) is 11.0. The van der Waals surface area contributed by atoms with Gasteiger partial charge in [0.25, 0.3) is 11.6 Å². The van der Waals surface area contributed by atoms with Crippen LogP contribution in [0.15, 0.2) is 64.0 Å². The van der Waals surface area contributed by atoms with E-state index >= 15 is 0 Å². The van der Waals surface area contributed by atoms with Crippen molar-refractivity contribution in [2.24, 2.45) is 0 Å². The zero-order valence-electron chi connectivity index (χ0n) is 14.4. The summed E-state index contributed by atoms with van der Waals surface area (Å²) in [7, 11) is -4.00. The lowest BCUT2D eigenvalue weighted by molar-refractivity contribution is -0.384. The van der Waals surface area contributed by atoms with Gasteiger partial charge in [-0.1, -0.05) is 6.07 Å². The number of nitro benzene ring substituents is 1. The lowest BCUT2D eigenvalue weighted by Gasteiger charge is -2.12. The molecular formula is C17H13N4O6S-. The highest BCUT2D eigenvalue weighted by molar-refractivity contribution is 7.94. The summed E-state index contributed by atoms with van der Waals surface area (Å²) in [6.45, 7) is 1.61. The van der Waals surface area contributed by atoms with Crippen molar-refractivity contribution in [3.8, 4) is 0 Å². The third kappa shape index (κ3) is 4.32. The van der Waals surface area contributed by atoms with Crippen LogP contribution >= 0.6 is 0 Å². The number of aryl methyl sites for hydroxylation is 1. The van der Waals surface area contributed by atoms with Gasteiger partial charge in [-0.15, -0.1) is 0 Å². The summed E-state index contributed by atoms with van der Waals surface area (Å²) in [4.78, 5) is 22.3. The maximum Gasteiger partial charge on any atom is 0.270 e. The maximum atomic E-state index is 12.3. The molecule has 1 N–H and O–H groups in total. The number of nitro groups is 1. The van der Waals surface area contributed by atoms with Crippen molar-refractivity contribution >= 4 is 33.1 Å². The van der Waals surface area contributed by atoms with Crippen molar-refractivity contribution in [2.75, 3.05) is 5.32 Å². The summed E-state index contributed by atoms with van der Waals surface area (Å²) in [6.07, 6.45) is 0. The predicted octanol–water partition coefficient (Wildman–Crippen LogP) is 3.54. The second kappa shape index (κ2) is 7.48. The quantitative estimate of drug-likeness (QED) is 0.491. The van der Waals surface area contributed by atoms with Gasteiger partial charge in [0.2, 0.25) is 10.0 Å². The molecule has 144 valence electrons. The van der Waals surface area contributed by atoms with Crippen molar-refractivity contribution in [3.05, 3.63) is 80.8 Å². The number of rotatable bonds is 6. The highest BCUT2D eigenvalue weighted by Gasteiger charge is 2.13. The van der Waals surface area contributed by atoms with Crippen LogP contribution in [0, 0.1) is 17.0 Å². The summed E-state index contributed by atoms with van der Waals surface area (Å²) < 4.78 is 32.9. The molecule has 0 saturated carbocycles. The third-order valence-electron chi connectivity index (χ3n) is 3.56. The molecule has 0 unspecified atom stereocenters. The average Bonchev–Trinajstić information content (AvgIpc) is 3.06. The summed E-state index contributed by atoms with van der Waals surface area (Å²) in [5.74, 6) is -0.212. The molecule has 0 aliphatic rings. The minimum Gasteiger partial charge on any atom is -0.460 e. The molecular weight excluding hydrogens is 388 g/mol. The van der Waals surface area contributed by atoms with Crippen LogP contribution in [0.2, 0.25) is 0 Å². The second-order valence-electron chi connectivity index (χ2n) is 5.65. The zero-order chi connectivity index (χ0) is 20.3. The Morgan fingerprint density at radius 3 is 2.50 bits per heavy atom. The van der Waals surface area contributed by atoms with E-state index in [4.69, 9.17) is 4.52 Å². The first-order valence-electron chi connectivity index (χ1n) is 7.82. The molecule has 0 aliphatic carbocycles. The molecule has 1 aromatic heterocycles. The van der Waals surface area contributed by atoms with Gasteiger partial charge in [0.1, 0.15) is 5.76 Å². The number of non-ortho nitro benzene ring substituents is 1. The van der Waals surface area contributed by atoms with Gasteiger partial charge >= 0.3 is 0 Å². The van der Waals surface area contributed by atoms with Crippen LogP contribution in [0.3, 0.4) is 0 Å². The van der Waals surface area contributed by atoms with E-state index < -0.39 is 20.9 Å². The molecule has 0 atom stereocenters. The molecule has 0 saturated heterocycles. The number of hydrogen-bond acceptors (Lipinski definition) is 7. The van der Waals surface area contributed by atoms with E-state index in [-0.39, 0.29) is 22.0 Å². The van der Waals surface area contributed by atoms with E-state index in [1.54, 1.807) is 6.92 Å². The van der Waals surface area contributed by atoms with Gasteiger partial charge in [0.05, 0.1) is 9.82 Å². The van der Waals surface area contributed by atoms with Gasteiger partial charge in [-0.2, -0.15) is 0 Å².